The zero-order valence-corrected chi connectivity index (χ0v) is 15.5. The van der Waals surface area contributed by atoms with Crippen LogP contribution in [0.5, 0.6) is 5.75 Å². The summed E-state index contributed by atoms with van der Waals surface area (Å²) < 4.78 is 12.0. The van der Waals surface area contributed by atoms with Gasteiger partial charge in [0.15, 0.2) is 8.32 Å². The van der Waals surface area contributed by atoms with E-state index in [1.54, 1.807) is 0 Å². The Kier molecular flexibility index (Phi) is 5.66. The fourth-order valence-corrected chi connectivity index (χ4v) is 2.94. The molecule has 0 bridgehead atoms. The van der Waals surface area contributed by atoms with Crippen LogP contribution in [-0.4, -0.2) is 21.5 Å². The van der Waals surface area contributed by atoms with Crippen LogP contribution in [0.3, 0.4) is 0 Å². The van der Waals surface area contributed by atoms with Gasteiger partial charge in [0.2, 0.25) is 0 Å². The first kappa shape index (κ1) is 17.8. The van der Waals surface area contributed by atoms with Crippen LogP contribution in [0.25, 0.3) is 0 Å². The van der Waals surface area contributed by atoms with E-state index in [0.717, 1.165) is 22.4 Å². The van der Waals surface area contributed by atoms with Crippen LogP contribution in [0.2, 0.25) is 18.1 Å². The van der Waals surface area contributed by atoms with Crippen LogP contribution in [-0.2, 0) is 4.43 Å². The lowest BCUT2D eigenvalue weighted by Crippen LogP contribution is -2.41. The molecular weight excluding hydrogens is 276 g/mol. The minimum Gasteiger partial charge on any atom is -0.491 e. The Labute approximate surface area is 131 Å². The van der Waals surface area contributed by atoms with Crippen LogP contribution >= 0.6 is 0 Å². The topological polar surface area (TPSA) is 18.5 Å². The standard InChI is InChI=1S/C18H28O2Si/c1-9-16-12-14(2)17(15(3)13-16)19-10-11-20-21(7,8)18(4,5)6/h1,12-13H,10-11H2,2-8H3. The van der Waals surface area contributed by atoms with Gasteiger partial charge in [-0.05, 0) is 55.2 Å². The molecule has 0 aliphatic rings. The summed E-state index contributed by atoms with van der Waals surface area (Å²) in [6, 6.07) is 3.97. The van der Waals surface area contributed by atoms with Crippen LogP contribution in [0, 0.1) is 26.2 Å². The van der Waals surface area contributed by atoms with Gasteiger partial charge in [-0.1, -0.05) is 26.7 Å². The summed E-state index contributed by atoms with van der Waals surface area (Å²) in [7, 11) is -1.69. The molecule has 0 fully saturated rings. The van der Waals surface area contributed by atoms with E-state index in [1.807, 2.05) is 26.0 Å². The predicted molar refractivity (Wildman–Crippen MR) is 92.5 cm³/mol. The number of hydrogen-bond acceptors (Lipinski definition) is 2. The molecule has 21 heavy (non-hydrogen) atoms. The molecule has 1 aromatic rings. The Hall–Kier alpha value is -1.24. The molecule has 0 atom stereocenters. The second-order valence-corrected chi connectivity index (χ2v) is 11.9. The van der Waals surface area contributed by atoms with Gasteiger partial charge in [-0.3, -0.25) is 0 Å². The van der Waals surface area contributed by atoms with Gasteiger partial charge in [-0.2, -0.15) is 0 Å². The monoisotopic (exact) mass is 304 g/mol. The number of aryl methyl sites for hydroxylation is 2. The molecule has 0 N–H and O–H groups in total. The van der Waals surface area contributed by atoms with Gasteiger partial charge in [0, 0.05) is 5.56 Å². The van der Waals surface area contributed by atoms with Crippen molar-refractivity contribution in [1.82, 2.24) is 0 Å². The largest absolute Gasteiger partial charge is 0.491 e. The van der Waals surface area contributed by atoms with E-state index < -0.39 is 8.32 Å². The average Bonchev–Trinajstić information content (AvgIpc) is 2.35. The SMILES string of the molecule is C#Cc1cc(C)c(OCCO[Si](C)(C)C(C)(C)C)c(C)c1. The van der Waals surface area contributed by atoms with Gasteiger partial charge in [0.25, 0.3) is 0 Å². The van der Waals surface area contributed by atoms with Gasteiger partial charge in [0.1, 0.15) is 12.4 Å². The Bertz CT molecular complexity index is 510. The number of ether oxygens (including phenoxy) is 1. The predicted octanol–water partition coefficient (Wildman–Crippen LogP) is 4.69. The summed E-state index contributed by atoms with van der Waals surface area (Å²) >= 11 is 0. The second-order valence-electron chi connectivity index (χ2n) is 7.04. The minimum atomic E-state index is -1.69. The molecule has 0 spiro atoms. The first-order valence-corrected chi connectivity index (χ1v) is 10.3. The van der Waals surface area contributed by atoms with Crippen molar-refractivity contribution in [3.8, 4) is 18.1 Å². The smallest absolute Gasteiger partial charge is 0.192 e. The molecule has 1 aromatic carbocycles. The normalized spacial score (nSPS) is 12.1. The Morgan fingerprint density at radius 3 is 2.05 bits per heavy atom. The molecule has 0 aromatic heterocycles. The van der Waals surface area contributed by atoms with Crippen molar-refractivity contribution in [2.75, 3.05) is 13.2 Å². The van der Waals surface area contributed by atoms with Crippen molar-refractivity contribution in [3.63, 3.8) is 0 Å². The molecule has 0 heterocycles. The number of benzene rings is 1. The molecule has 2 nitrogen and oxygen atoms in total. The van der Waals surface area contributed by atoms with Gasteiger partial charge in [-0.15, -0.1) is 6.42 Å². The fraction of sp³-hybridized carbons (Fsp3) is 0.556. The lowest BCUT2D eigenvalue weighted by molar-refractivity contribution is 0.202. The van der Waals surface area contributed by atoms with Gasteiger partial charge in [0.05, 0.1) is 6.61 Å². The summed E-state index contributed by atoms with van der Waals surface area (Å²) in [5.74, 6) is 3.59. The van der Waals surface area contributed by atoms with Gasteiger partial charge in [-0.25, -0.2) is 0 Å². The number of terminal acetylenes is 1. The molecule has 0 radical (unpaired) electrons. The second kappa shape index (κ2) is 6.68. The lowest BCUT2D eigenvalue weighted by Gasteiger charge is -2.36. The molecule has 0 aliphatic heterocycles. The minimum absolute atomic E-state index is 0.229. The van der Waals surface area contributed by atoms with Crippen LogP contribution in [0.4, 0.5) is 0 Å². The van der Waals surface area contributed by atoms with E-state index >= 15 is 0 Å². The van der Waals surface area contributed by atoms with Crippen molar-refractivity contribution in [1.29, 1.82) is 0 Å². The quantitative estimate of drug-likeness (QED) is 0.446. The molecule has 1 rings (SSSR count). The highest BCUT2D eigenvalue weighted by molar-refractivity contribution is 6.74. The summed E-state index contributed by atoms with van der Waals surface area (Å²) in [5.41, 5.74) is 3.06. The molecule has 0 saturated carbocycles. The van der Waals surface area contributed by atoms with Crippen LogP contribution in [0.15, 0.2) is 12.1 Å². The molecule has 3 heteroatoms. The molecular formula is C18H28O2Si. The highest BCUT2D eigenvalue weighted by Crippen LogP contribution is 2.36. The first-order valence-electron chi connectivity index (χ1n) is 7.43. The zero-order chi connectivity index (χ0) is 16.3. The van der Waals surface area contributed by atoms with Gasteiger partial charge < -0.3 is 9.16 Å². The van der Waals surface area contributed by atoms with E-state index in [2.05, 4.69) is 39.8 Å². The first-order chi connectivity index (χ1) is 9.58. The van der Waals surface area contributed by atoms with E-state index in [0.29, 0.717) is 13.2 Å². The van der Waals surface area contributed by atoms with E-state index in [9.17, 15) is 0 Å². The van der Waals surface area contributed by atoms with Crippen LogP contribution in [0.1, 0.15) is 37.5 Å². The van der Waals surface area contributed by atoms with Gasteiger partial charge >= 0.3 is 0 Å². The fourth-order valence-electron chi connectivity index (χ4n) is 1.92. The summed E-state index contributed by atoms with van der Waals surface area (Å²) in [6.07, 6.45) is 5.44. The highest BCUT2D eigenvalue weighted by atomic mass is 28.4. The molecule has 0 amide bonds. The van der Waals surface area contributed by atoms with Crippen molar-refractivity contribution >= 4 is 8.32 Å². The third-order valence-electron chi connectivity index (χ3n) is 4.23. The zero-order valence-electron chi connectivity index (χ0n) is 14.5. The third kappa shape index (κ3) is 4.62. The Morgan fingerprint density at radius 1 is 1.10 bits per heavy atom. The summed E-state index contributed by atoms with van der Waals surface area (Å²) in [6.45, 7) is 16.5. The number of rotatable bonds is 5. The molecule has 0 aliphatic carbocycles. The van der Waals surface area contributed by atoms with Crippen LogP contribution < -0.4 is 4.74 Å². The molecule has 116 valence electrons. The Morgan fingerprint density at radius 2 is 1.62 bits per heavy atom. The van der Waals surface area contributed by atoms with Crippen molar-refractivity contribution < 1.29 is 9.16 Å². The maximum atomic E-state index is 6.12. The van der Waals surface area contributed by atoms with E-state index in [-0.39, 0.29) is 5.04 Å². The van der Waals surface area contributed by atoms with Crippen molar-refractivity contribution in [3.05, 3.63) is 28.8 Å². The van der Waals surface area contributed by atoms with Crippen molar-refractivity contribution in [2.24, 2.45) is 0 Å². The molecule has 0 saturated heterocycles. The molecule has 0 unspecified atom stereocenters. The Balaban J connectivity index is 2.61. The number of hydrogen-bond donors (Lipinski definition) is 0. The third-order valence-corrected chi connectivity index (χ3v) is 8.76. The van der Waals surface area contributed by atoms with Crippen molar-refractivity contribution in [2.45, 2.75) is 52.8 Å². The maximum absolute atomic E-state index is 6.12. The summed E-state index contributed by atoms with van der Waals surface area (Å²) in [5, 5.41) is 0.229. The van der Waals surface area contributed by atoms with E-state index in [1.165, 1.54) is 0 Å². The summed E-state index contributed by atoms with van der Waals surface area (Å²) in [4.78, 5) is 0. The highest BCUT2D eigenvalue weighted by Gasteiger charge is 2.36. The average molecular weight is 305 g/mol. The van der Waals surface area contributed by atoms with E-state index in [4.69, 9.17) is 15.6 Å². The lowest BCUT2D eigenvalue weighted by atomic mass is 10.1. The maximum Gasteiger partial charge on any atom is 0.192 e.